The van der Waals surface area contributed by atoms with Gasteiger partial charge in [0.05, 0.1) is 11.1 Å². The number of hydrogen-bond donors (Lipinski definition) is 0. The Morgan fingerprint density at radius 2 is 0.603 bits per heavy atom. The van der Waals surface area contributed by atoms with Crippen LogP contribution >= 0.6 is 0 Å². The molecule has 11 heteroatoms. The summed E-state index contributed by atoms with van der Waals surface area (Å²) < 4.78 is 128. The van der Waals surface area contributed by atoms with E-state index in [1.807, 2.05) is 74.4 Å². The lowest BCUT2D eigenvalue weighted by Crippen LogP contribution is -2.18. The molecule has 0 aliphatic carbocycles. The van der Waals surface area contributed by atoms with Crippen molar-refractivity contribution in [2.75, 3.05) is 0 Å². The van der Waals surface area contributed by atoms with Crippen molar-refractivity contribution < 1.29 is 48.6 Å². The third kappa shape index (κ3) is 26.4. The van der Waals surface area contributed by atoms with Gasteiger partial charge in [-0.2, -0.15) is 26.3 Å². The van der Waals surface area contributed by atoms with E-state index in [1.165, 1.54) is 65.6 Å². The Labute approximate surface area is 462 Å². The van der Waals surface area contributed by atoms with E-state index in [0.717, 1.165) is 17.2 Å². The van der Waals surface area contributed by atoms with Crippen molar-refractivity contribution in [3.05, 3.63) is 206 Å². The van der Waals surface area contributed by atoms with Gasteiger partial charge in [0.25, 0.3) is 0 Å². The fourth-order valence-corrected chi connectivity index (χ4v) is 6.88. The zero-order chi connectivity index (χ0) is 60.8. The second kappa shape index (κ2) is 27.5. The largest absolute Gasteiger partial charge is 0.573 e. The van der Waals surface area contributed by atoms with Crippen LogP contribution in [0.2, 0.25) is 0 Å². The molecule has 0 bridgehead atoms. The van der Waals surface area contributed by atoms with Crippen LogP contribution in [0.1, 0.15) is 191 Å². The minimum Gasteiger partial charge on any atom is -0.406 e. The van der Waals surface area contributed by atoms with Crippen LogP contribution in [0.3, 0.4) is 0 Å². The topological polar surface area (TPSA) is 9.23 Å². The summed E-state index contributed by atoms with van der Waals surface area (Å²) in [5.41, 5.74) is 8.53. The molecule has 432 valence electrons. The van der Waals surface area contributed by atoms with E-state index >= 15 is 0 Å². The first-order chi connectivity index (χ1) is 34.9. The Morgan fingerprint density at radius 3 is 0.936 bits per heavy atom. The van der Waals surface area contributed by atoms with E-state index in [4.69, 9.17) is 0 Å². The van der Waals surface area contributed by atoms with Gasteiger partial charge >= 0.3 is 18.7 Å². The summed E-state index contributed by atoms with van der Waals surface area (Å²) in [6, 6.07) is 39.0. The van der Waals surface area contributed by atoms with E-state index in [0.29, 0.717) is 16.7 Å². The summed E-state index contributed by atoms with van der Waals surface area (Å²) in [4.78, 5) is 0. The molecule has 0 atom stereocenters. The number of alkyl halides is 9. The molecule has 0 saturated carbocycles. The van der Waals surface area contributed by atoms with Crippen molar-refractivity contribution in [2.45, 2.75) is 204 Å². The average Bonchev–Trinajstić information content (AvgIpc) is 3.26. The zero-order valence-electron chi connectivity index (χ0n) is 50.4. The summed E-state index contributed by atoms with van der Waals surface area (Å²) in [5.74, 6) is -0.280. The molecular formula is C67H88F10O. The molecule has 6 aromatic carbocycles. The van der Waals surface area contributed by atoms with Gasteiger partial charge in [0.15, 0.2) is 0 Å². The van der Waals surface area contributed by atoms with Crippen molar-refractivity contribution >= 4 is 0 Å². The first kappa shape index (κ1) is 70.4. The monoisotopic (exact) mass is 1100 g/mol. The van der Waals surface area contributed by atoms with Crippen LogP contribution in [0, 0.1) is 33.5 Å². The maximum atomic E-state index is 13.1. The first-order valence-corrected chi connectivity index (χ1v) is 26.1. The number of halogens is 10. The minimum absolute atomic E-state index is 0.0362. The summed E-state index contributed by atoms with van der Waals surface area (Å²) in [6.07, 6.45) is -13.1. The van der Waals surface area contributed by atoms with Gasteiger partial charge in [-0.15, -0.1) is 13.2 Å². The molecule has 0 radical (unpaired) electrons. The SMILES string of the molecule is CC(C)(C)c1cccc(C(F)(F)F)c1.CC(C)(C)c1cccc(OC(F)(F)F)c1.Cc1ccc(C(C)(C)C)cc1.Cc1ccc(C(C)(C)C)cc1.Cc1ccc(C(C)(C)C)cc1C(F)(F)F.Cc1ccc(C(C)(C)C)cc1F. The predicted octanol–water partition coefficient (Wildman–Crippen LogP) is 22.2. The lowest BCUT2D eigenvalue weighted by atomic mass is 9.85. The summed E-state index contributed by atoms with van der Waals surface area (Å²) in [5, 5.41) is 0. The number of ether oxygens (including phenoxy) is 1. The van der Waals surface area contributed by atoms with Crippen LogP contribution in [-0.2, 0) is 44.8 Å². The van der Waals surface area contributed by atoms with Gasteiger partial charge in [-0.05, 0) is 135 Å². The Hall–Kier alpha value is -5.58. The summed E-state index contributed by atoms with van der Waals surface area (Å²) in [7, 11) is 0. The van der Waals surface area contributed by atoms with E-state index in [2.05, 4.69) is 129 Å². The summed E-state index contributed by atoms with van der Waals surface area (Å²) in [6.45, 7) is 44.3. The molecule has 0 aliphatic heterocycles. The molecule has 0 heterocycles. The average molecular weight is 1100 g/mol. The van der Waals surface area contributed by atoms with E-state index in [-0.39, 0.29) is 49.6 Å². The summed E-state index contributed by atoms with van der Waals surface area (Å²) >= 11 is 0. The Morgan fingerprint density at radius 1 is 0.295 bits per heavy atom. The van der Waals surface area contributed by atoms with Crippen LogP contribution in [-0.4, -0.2) is 6.36 Å². The van der Waals surface area contributed by atoms with Crippen LogP contribution < -0.4 is 4.74 Å². The van der Waals surface area contributed by atoms with Crippen LogP contribution in [0.5, 0.6) is 5.75 Å². The lowest BCUT2D eigenvalue weighted by Gasteiger charge is -2.21. The van der Waals surface area contributed by atoms with Gasteiger partial charge in [0.1, 0.15) is 11.6 Å². The van der Waals surface area contributed by atoms with Gasteiger partial charge in [-0.1, -0.05) is 239 Å². The minimum atomic E-state index is -4.63. The van der Waals surface area contributed by atoms with Crippen molar-refractivity contribution in [1.82, 2.24) is 0 Å². The first-order valence-electron chi connectivity index (χ1n) is 26.1. The van der Waals surface area contributed by atoms with E-state index in [1.54, 1.807) is 37.3 Å². The quantitative estimate of drug-likeness (QED) is 0.149. The number of rotatable bonds is 1. The molecule has 1 nitrogen and oxygen atoms in total. The van der Waals surface area contributed by atoms with Gasteiger partial charge in [0, 0.05) is 0 Å². The second-order valence-corrected chi connectivity index (χ2v) is 25.9. The van der Waals surface area contributed by atoms with E-state index in [9.17, 15) is 43.9 Å². The van der Waals surface area contributed by atoms with Crippen LogP contribution in [0.25, 0.3) is 0 Å². The normalized spacial score (nSPS) is 12.4. The number of benzene rings is 6. The highest BCUT2D eigenvalue weighted by Gasteiger charge is 2.34. The Balaban J connectivity index is 0.000000470. The molecule has 0 spiro atoms. The van der Waals surface area contributed by atoms with Gasteiger partial charge < -0.3 is 4.74 Å². The van der Waals surface area contributed by atoms with Crippen molar-refractivity contribution in [3.8, 4) is 5.75 Å². The third-order valence-electron chi connectivity index (χ3n) is 12.3. The molecule has 0 N–H and O–H groups in total. The highest BCUT2D eigenvalue weighted by atomic mass is 19.4. The molecular weight excluding hydrogens is 1010 g/mol. The van der Waals surface area contributed by atoms with Gasteiger partial charge in [-0.25, -0.2) is 4.39 Å². The maximum absolute atomic E-state index is 13.1. The molecule has 0 amide bonds. The molecule has 0 unspecified atom stereocenters. The van der Waals surface area contributed by atoms with Crippen LogP contribution in [0.15, 0.2) is 133 Å². The number of hydrogen-bond acceptors (Lipinski definition) is 1. The lowest BCUT2D eigenvalue weighted by molar-refractivity contribution is -0.274. The highest BCUT2D eigenvalue weighted by molar-refractivity contribution is 5.37. The zero-order valence-corrected chi connectivity index (χ0v) is 50.4. The smallest absolute Gasteiger partial charge is 0.406 e. The highest BCUT2D eigenvalue weighted by Crippen LogP contribution is 2.36. The fourth-order valence-electron chi connectivity index (χ4n) is 6.88. The Kier molecular flexibility index (Phi) is 24.9. The molecule has 6 aromatic rings. The molecule has 6 rings (SSSR count). The van der Waals surface area contributed by atoms with Crippen molar-refractivity contribution in [2.24, 2.45) is 0 Å². The van der Waals surface area contributed by atoms with Gasteiger partial charge in [-0.3, -0.25) is 0 Å². The Bertz CT molecular complexity index is 2650. The molecule has 78 heavy (non-hydrogen) atoms. The standard InChI is InChI=1S/C12H15F3.C11H13F3O.C11H13F3.C11H15F.2C11H16/c1-8-5-6-9(11(2,3)4)7-10(8)12(13,14)15;1-10(2,3)8-5-4-6-9(7-8)15-11(12,13)14;1-10(2,3)8-5-4-6-9(7-8)11(12,13)14;1-8-5-6-9(7-10(8)12)11(2,3)4;2*1-9-5-7-10(8-6-9)11(2,3)4/h5-7H,1-4H3;4-7H,1-3H3;4-7H,1-3H3;5-7H,1-4H3;2*5-8H,1-4H3. The van der Waals surface area contributed by atoms with Crippen molar-refractivity contribution in [3.63, 3.8) is 0 Å². The van der Waals surface area contributed by atoms with E-state index < -0.39 is 29.8 Å². The third-order valence-corrected chi connectivity index (χ3v) is 12.3. The molecule has 0 aromatic heterocycles. The molecule has 0 fully saturated rings. The second-order valence-electron chi connectivity index (χ2n) is 25.9. The molecule has 0 saturated heterocycles. The maximum Gasteiger partial charge on any atom is 0.573 e. The van der Waals surface area contributed by atoms with Crippen LogP contribution in [0.4, 0.5) is 43.9 Å². The fraction of sp³-hybridized carbons (Fsp3) is 0.463. The predicted molar refractivity (Wildman–Crippen MR) is 306 cm³/mol. The number of aryl methyl sites for hydroxylation is 4. The molecule has 0 aliphatic rings. The van der Waals surface area contributed by atoms with Gasteiger partial charge in [0.2, 0.25) is 0 Å². The van der Waals surface area contributed by atoms with Crippen molar-refractivity contribution in [1.29, 1.82) is 0 Å².